The first-order chi connectivity index (χ1) is 5.59. The second kappa shape index (κ2) is 2.77. The topological polar surface area (TPSA) is 57.7 Å². The first-order valence-electron chi connectivity index (χ1n) is 3.34. The Bertz CT molecular complexity index is 272. The van der Waals surface area contributed by atoms with Crippen molar-refractivity contribution in [2.24, 2.45) is 0 Å². The van der Waals surface area contributed by atoms with E-state index in [2.05, 4.69) is 6.58 Å². The van der Waals surface area contributed by atoms with Crippen molar-refractivity contribution in [3.63, 3.8) is 0 Å². The summed E-state index contributed by atoms with van der Waals surface area (Å²) in [6.07, 6.45) is 1.39. The second-order valence-electron chi connectivity index (χ2n) is 2.35. The molecule has 1 rings (SSSR count). The Hall–Kier alpha value is -1.65. The lowest BCUT2D eigenvalue weighted by molar-refractivity contribution is -0.142. The first-order valence-corrected chi connectivity index (χ1v) is 3.34. The van der Waals surface area contributed by atoms with E-state index < -0.39 is 17.8 Å². The van der Waals surface area contributed by atoms with Crippen molar-refractivity contribution in [2.45, 2.75) is 0 Å². The van der Waals surface area contributed by atoms with Crippen LogP contribution in [0.1, 0.15) is 0 Å². The molecule has 4 amide bonds. The molecule has 0 aromatic heterocycles. The summed E-state index contributed by atoms with van der Waals surface area (Å²) in [4.78, 5) is 34.6. The van der Waals surface area contributed by atoms with Crippen molar-refractivity contribution >= 4 is 17.8 Å². The van der Waals surface area contributed by atoms with Gasteiger partial charge in [-0.1, -0.05) is 6.08 Å². The molecule has 0 bridgehead atoms. The number of hydrogen-bond acceptors (Lipinski definition) is 3. The van der Waals surface area contributed by atoms with Gasteiger partial charge in [0.05, 0.1) is 0 Å². The van der Waals surface area contributed by atoms with Crippen LogP contribution in [0.25, 0.3) is 0 Å². The first kappa shape index (κ1) is 8.45. The van der Waals surface area contributed by atoms with Gasteiger partial charge in [-0.2, -0.15) is 0 Å². The van der Waals surface area contributed by atoms with Crippen molar-refractivity contribution in [3.8, 4) is 0 Å². The molecule has 1 saturated heterocycles. The average Bonchev–Trinajstić information content (AvgIpc) is 2.23. The van der Waals surface area contributed by atoms with Crippen LogP contribution >= 0.6 is 0 Å². The van der Waals surface area contributed by atoms with Crippen LogP contribution in [0.3, 0.4) is 0 Å². The van der Waals surface area contributed by atoms with Gasteiger partial charge in [0.15, 0.2) is 0 Å². The Morgan fingerprint density at radius 3 is 2.25 bits per heavy atom. The highest BCUT2D eigenvalue weighted by atomic mass is 16.2. The van der Waals surface area contributed by atoms with E-state index in [9.17, 15) is 14.4 Å². The van der Waals surface area contributed by atoms with Gasteiger partial charge in [0.1, 0.15) is 0 Å². The average molecular weight is 168 g/mol. The molecule has 1 heterocycles. The van der Waals surface area contributed by atoms with E-state index >= 15 is 0 Å². The maximum absolute atomic E-state index is 11.1. The molecule has 0 N–H and O–H groups in total. The molecule has 1 fully saturated rings. The van der Waals surface area contributed by atoms with E-state index in [1.54, 1.807) is 0 Å². The molecule has 0 atom stereocenters. The number of urea groups is 1. The SMILES string of the molecule is C=CCN1C(=O)C(=O)N(C)C1=O. The Morgan fingerprint density at radius 1 is 1.33 bits per heavy atom. The molecule has 0 radical (unpaired) electrons. The zero-order chi connectivity index (χ0) is 9.30. The van der Waals surface area contributed by atoms with Crippen LogP contribution in [0.5, 0.6) is 0 Å². The van der Waals surface area contributed by atoms with Gasteiger partial charge in [-0.3, -0.25) is 19.4 Å². The Morgan fingerprint density at radius 2 is 1.92 bits per heavy atom. The van der Waals surface area contributed by atoms with E-state index in [4.69, 9.17) is 0 Å². The number of carbonyl (C=O) groups excluding carboxylic acids is 3. The summed E-state index contributed by atoms with van der Waals surface area (Å²) in [6.45, 7) is 3.44. The van der Waals surface area contributed by atoms with Gasteiger partial charge in [-0.05, 0) is 0 Å². The standard InChI is InChI=1S/C7H8N2O3/c1-3-4-9-6(11)5(10)8(2)7(9)12/h3H,1,4H2,2H3. The fraction of sp³-hybridized carbons (Fsp3) is 0.286. The third-order valence-corrected chi connectivity index (χ3v) is 1.56. The smallest absolute Gasteiger partial charge is 0.263 e. The largest absolute Gasteiger partial charge is 0.334 e. The number of carbonyl (C=O) groups is 3. The van der Waals surface area contributed by atoms with Gasteiger partial charge in [-0.25, -0.2) is 4.79 Å². The molecular formula is C7H8N2O3. The van der Waals surface area contributed by atoms with Crippen LogP contribution in [0, 0.1) is 0 Å². The zero-order valence-electron chi connectivity index (χ0n) is 6.61. The predicted molar refractivity (Wildman–Crippen MR) is 40.1 cm³/mol. The number of hydrogen-bond donors (Lipinski definition) is 0. The van der Waals surface area contributed by atoms with Crippen LogP contribution in [0.2, 0.25) is 0 Å². The number of likely N-dealkylation sites (N-methyl/N-ethyl adjacent to an activating group) is 1. The van der Waals surface area contributed by atoms with Crippen molar-refractivity contribution in [1.29, 1.82) is 0 Å². The third-order valence-electron chi connectivity index (χ3n) is 1.56. The van der Waals surface area contributed by atoms with Crippen LogP contribution in [0.15, 0.2) is 12.7 Å². The third kappa shape index (κ3) is 0.990. The fourth-order valence-corrected chi connectivity index (χ4v) is 0.904. The van der Waals surface area contributed by atoms with Crippen LogP contribution in [0.4, 0.5) is 4.79 Å². The van der Waals surface area contributed by atoms with E-state index in [1.165, 1.54) is 13.1 Å². The van der Waals surface area contributed by atoms with Gasteiger partial charge >= 0.3 is 17.8 Å². The van der Waals surface area contributed by atoms with Gasteiger partial charge in [0.2, 0.25) is 0 Å². The van der Waals surface area contributed by atoms with E-state index in [0.29, 0.717) is 0 Å². The summed E-state index contributed by atoms with van der Waals surface area (Å²) < 4.78 is 0. The van der Waals surface area contributed by atoms with Crippen molar-refractivity contribution in [3.05, 3.63) is 12.7 Å². The quantitative estimate of drug-likeness (QED) is 0.320. The van der Waals surface area contributed by atoms with E-state index in [-0.39, 0.29) is 6.54 Å². The van der Waals surface area contributed by atoms with Gasteiger partial charge in [0, 0.05) is 13.6 Å². The normalized spacial score (nSPS) is 17.6. The molecule has 64 valence electrons. The van der Waals surface area contributed by atoms with E-state index in [1.807, 2.05) is 0 Å². The summed E-state index contributed by atoms with van der Waals surface area (Å²) in [7, 11) is 1.27. The molecule has 12 heavy (non-hydrogen) atoms. The van der Waals surface area contributed by atoms with Gasteiger partial charge in [0.25, 0.3) is 0 Å². The van der Waals surface area contributed by atoms with Crippen molar-refractivity contribution in [1.82, 2.24) is 9.80 Å². The zero-order valence-corrected chi connectivity index (χ0v) is 6.61. The number of rotatable bonds is 2. The monoisotopic (exact) mass is 168 g/mol. The molecule has 0 spiro atoms. The molecule has 0 unspecified atom stereocenters. The minimum atomic E-state index is -0.790. The van der Waals surface area contributed by atoms with Crippen LogP contribution in [-0.2, 0) is 9.59 Å². The molecule has 5 heteroatoms. The molecule has 0 saturated carbocycles. The minimum Gasteiger partial charge on any atom is -0.263 e. The molecule has 0 aromatic carbocycles. The lowest BCUT2D eigenvalue weighted by Gasteiger charge is -2.08. The predicted octanol–water partition coefficient (Wildman–Crippen LogP) is -0.407. The Kier molecular flexibility index (Phi) is 1.95. The molecule has 1 aliphatic heterocycles. The maximum atomic E-state index is 11.1. The highest BCUT2D eigenvalue weighted by Gasteiger charge is 2.41. The molecule has 5 nitrogen and oxygen atoms in total. The summed E-state index contributed by atoms with van der Waals surface area (Å²) in [5.41, 5.74) is 0. The van der Waals surface area contributed by atoms with Gasteiger partial charge in [-0.15, -0.1) is 6.58 Å². The van der Waals surface area contributed by atoms with Crippen molar-refractivity contribution < 1.29 is 14.4 Å². The summed E-state index contributed by atoms with van der Waals surface area (Å²) in [5, 5.41) is 0. The molecule has 0 aliphatic carbocycles. The number of nitrogens with zero attached hydrogens (tertiary/aromatic N) is 2. The summed E-state index contributed by atoms with van der Waals surface area (Å²) in [5.74, 6) is -1.58. The number of amides is 4. The second-order valence-corrected chi connectivity index (χ2v) is 2.35. The lowest BCUT2D eigenvalue weighted by atomic mass is 10.5. The maximum Gasteiger partial charge on any atom is 0.334 e. The van der Waals surface area contributed by atoms with Crippen molar-refractivity contribution in [2.75, 3.05) is 13.6 Å². The molecular weight excluding hydrogens is 160 g/mol. The number of imide groups is 2. The summed E-state index contributed by atoms with van der Waals surface area (Å²) >= 11 is 0. The Labute approximate surface area is 69.2 Å². The Balaban J connectivity index is 2.90. The minimum absolute atomic E-state index is 0.0771. The van der Waals surface area contributed by atoms with Gasteiger partial charge < -0.3 is 0 Å². The molecule has 0 aromatic rings. The summed E-state index contributed by atoms with van der Waals surface area (Å²) in [6, 6.07) is -0.593. The fourth-order valence-electron chi connectivity index (χ4n) is 0.904. The highest BCUT2D eigenvalue weighted by molar-refractivity contribution is 6.44. The highest BCUT2D eigenvalue weighted by Crippen LogP contribution is 2.08. The van der Waals surface area contributed by atoms with E-state index in [0.717, 1.165) is 9.80 Å². The lowest BCUT2D eigenvalue weighted by Crippen LogP contribution is -2.31. The van der Waals surface area contributed by atoms with Crippen LogP contribution in [-0.4, -0.2) is 41.2 Å². The van der Waals surface area contributed by atoms with Crippen LogP contribution < -0.4 is 0 Å². The molecule has 1 aliphatic rings.